The predicted octanol–water partition coefficient (Wildman–Crippen LogP) is 3.05. The van der Waals surface area contributed by atoms with Gasteiger partial charge in [0.2, 0.25) is 0 Å². The molecule has 0 saturated carbocycles. The summed E-state index contributed by atoms with van der Waals surface area (Å²) in [6.45, 7) is 6.44. The van der Waals surface area contributed by atoms with Gasteiger partial charge in [0, 0.05) is 18.9 Å². The molecule has 1 atom stereocenters. The zero-order chi connectivity index (χ0) is 19.4. The lowest BCUT2D eigenvalue weighted by Crippen LogP contribution is -2.26. The molecule has 7 heteroatoms. The van der Waals surface area contributed by atoms with Gasteiger partial charge in [-0.3, -0.25) is 4.79 Å². The maximum absolute atomic E-state index is 12.8. The molecule has 0 radical (unpaired) electrons. The van der Waals surface area contributed by atoms with Gasteiger partial charge < -0.3 is 20.3 Å². The molecule has 7 nitrogen and oxygen atoms in total. The van der Waals surface area contributed by atoms with Gasteiger partial charge in [0.25, 0.3) is 5.56 Å². The van der Waals surface area contributed by atoms with Crippen molar-refractivity contribution >= 4 is 28.2 Å². The lowest BCUT2D eigenvalue weighted by Gasteiger charge is -2.18. The number of nitrogens with one attached hydrogen (secondary N) is 2. The van der Waals surface area contributed by atoms with Crippen LogP contribution in [0.3, 0.4) is 0 Å². The van der Waals surface area contributed by atoms with Gasteiger partial charge in [-0.25, -0.2) is 9.97 Å². The Hall–Kier alpha value is -2.93. The van der Waals surface area contributed by atoms with Gasteiger partial charge in [0.1, 0.15) is 17.5 Å². The van der Waals surface area contributed by atoms with Crippen LogP contribution in [0.25, 0.3) is 10.8 Å². The number of aliphatic hydroxyl groups excluding tert-OH is 1. The fourth-order valence-corrected chi connectivity index (χ4v) is 2.93. The third kappa shape index (κ3) is 4.09. The van der Waals surface area contributed by atoms with E-state index in [1.165, 1.54) is 0 Å². The highest BCUT2D eigenvalue weighted by molar-refractivity contribution is 5.93. The van der Waals surface area contributed by atoms with Gasteiger partial charge >= 0.3 is 0 Å². The van der Waals surface area contributed by atoms with E-state index in [9.17, 15) is 9.90 Å². The van der Waals surface area contributed by atoms with Crippen molar-refractivity contribution in [3.8, 4) is 0 Å². The number of fused-ring (bicyclic) bond motifs is 1. The number of anilines is 3. The van der Waals surface area contributed by atoms with Crippen LogP contribution in [0.1, 0.15) is 25.8 Å². The molecule has 3 heterocycles. The van der Waals surface area contributed by atoms with Gasteiger partial charge in [-0.05, 0) is 55.5 Å². The molecule has 0 aromatic carbocycles. The van der Waals surface area contributed by atoms with E-state index < -0.39 is 0 Å². The second-order valence-electron chi connectivity index (χ2n) is 6.50. The second kappa shape index (κ2) is 8.18. The third-order valence-electron chi connectivity index (χ3n) is 4.53. The fraction of sp³-hybridized carbons (Fsp3) is 0.350. The smallest absolute Gasteiger partial charge is 0.262 e. The number of hydrogen-bond acceptors (Lipinski definition) is 6. The Morgan fingerprint density at radius 1 is 1.22 bits per heavy atom. The van der Waals surface area contributed by atoms with Crippen molar-refractivity contribution in [2.45, 2.75) is 39.8 Å². The van der Waals surface area contributed by atoms with Gasteiger partial charge in [0.05, 0.1) is 18.0 Å². The largest absolute Gasteiger partial charge is 0.394 e. The van der Waals surface area contributed by atoms with Crippen LogP contribution in [-0.4, -0.2) is 32.3 Å². The first kappa shape index (κ1) is 18.8. The summed E-state index contributed by atoms with van der Waals surface area (Å²) >= 11 is 0. The summed E-state index contributed by atoms with van der Waals surface area (Å²) in [5.74, 6) is 1.74. The first-order valence-corrected chi connectivity index (χ1v) is 9.17. The average molecular weight is 367 g/mol. The molecule has 0 unspecified atom stereocenters. The van der Waals surface area contributed by atoms with Crippen LogP contribution in [0.4, 0.5) is 17.5 Å². The van der Waals surface area contributed by atoms with Crippen molar-refractivity contribution in [1.82, 2.24) is 14.5 Å². The summed E-state index contributed by atoms with van der Waals surface area (Å²) in [4.78, 5) is 21.8. The van der Waals surface area contributed by atoms with Crippen molar-refractivity contribution in [3.63, 3.8) is 0 Å². The number of pyridine rings is 3. The molecule has 0 fully saturated rings. The summed E-state index contributed by atoms with van der Waals surface area (Å²) in [5.41, 5.74) is 0.988. The number of hydrogen-bond donors (Lipinski definition) is 3. The number of aliphatic hydroxyl groups is 1. The number of aromatic nitrogens is 3. The van der Waals surface area contributed by atoms with E-state index in [-0.39, 0.29) is 18.2 Å². The summed E-state index contributed by atoms with van der Waals surface area (Å²) in [7, 11) is 0. The van der Waals surface area contributed by atoms with E-state index in [4.69, 9.17) is 0 Å². The van der Waals surface area contributed by atoms with Gasteiger partial charge in [-0.2, -0.15) is 0 Å². The van der Waals surface area contributed by atoms with Crippen molar-refractivity contribution in [3.05, 3.63) is 52.6 Å². The predicted molar refractivity (Wildman–Crippen MR) is 109 cm³/mol. The van der Waals surface area contributed by atoms with E-state index in [1.807, 2.05) is 45.0 Å². The zero-order valence-electron chi connectivity index (χ0n) is 15.9. The monoisotopic (exact) mass is 367 g/mol. The molecule has 0 bridgehead atoms. The van der Waals surface area contributed by atoms with Crippen LogP contribution >= 0.6 is 0 Å². The highest BCUT2D eigenvalue weighted by Gasteiger charge is 2.15. The maximum Gasteiger partial charge on any atom is 0.262 e. The molecule has 27 heavy (non-hydrogen) atoms. The van der Waals surface area contributed by atoms with Crippen molar-refractivity contribution in [2.24, 2.45) is 0 Å². The van der Waals surface area contributed by atoms with Crippen LogP contribution in [0.5, 0.6) is 0 Å². The van der Waals surface area contributed by atoms with Gasteiger partial charge in [-0.1, -0.05) is 6.92 Å². The molecule has 3 aromatic rings. The molecule has 0 aliphatic carbocycles. The first-order valence-electron chi connectivity index (χ1n) is 9.17. The molecule has 0 aliphatic rings. The van der Waals surface area contributed by atoms with Crippen LogP contribution in [0.2, 0.25) is 0 Å². The molecule has 0 aliphatic heterocycles. The summed E-state index contributed by atoms with van der Waals surface area (Å²) in [6, 6.07) is 7.42. The van der Waals surface area contributed by atoms with Gasteiger partial charge in [-0.15, -0.1) is 0 Å². The minimum atomic E-state index is -0.178. The Morgan fingerprint density at radius 2 is 2.04 bits per heavy atom. The second-order valence-corrected chi connectivity index (χ2v) is 6.50. The minimum absolute atomic E-state index is 0.0361. The van der Waals surface area contributed by atoms with Gasteiger partial charge in [0.15, 0.2) is 0 Å². The Kier molecular flexibility index (Phi) is 5.71. The minimum Gasteiger partial charge on any atom is -0.394 e. The lowest BCUT2D eigenvalue weighted by atomic mass is 10.1. The standard InChI is InChI=1S/C20H25N5O2/c1-4-15(12-26)22-19-18-14(7-9-25(5-2)20(18)27)11-17(24-19)23-16-10-13(3)6-8-21-16/h6-11,15,26H,4-5,12H2,1-3H3,(H2,21,22,23,24)/t15-/m1/s1. The van der Waals surface area contributed by atoms with E-state index in [1.54, 1.807) is 17.0 Å². The Morgan fingerprint density at radius 3 is 2.70 bits per heavy atom. The Bertz CT molecular complexity index is 995. The molecular weight excluding hydrogens is 342 g/mol. The van der Waals surface area contributed by atoms with E-state index in [2.05, 4.69) is 20.6 Å². The van der Waals surface area contributed by atoms with Crippen LogP contribution in [0, 0.1) is 6.92 Å². The van der Waals surface area contributed by atoms with Crippen LogP contribution in [0.15, 0.2) is 41.5 Å². The molecule has 3 N–H and O–H groups in total. The topological polar surface area (TPSA) is 92.1 Å². The van der Waals surface area contributed by atoms with Crippen LogP contribution < -0.4 is 16.2 Å². The fourth-order valence-electron chi connectivity index (χ4n) is 2.93. The zero-order valence-corrected chi connectivity index (χ0v) is 15.9. The third-order valence-corrected chi connectivity index (χ3v) is 4.53. The maximum atomic E-state index is 12.8. The summed E-state index contributed by atoms with van der Waals surface area (Å²) in [5, 5.41) is 17.3. The Balaban J connectivity index is 2.12. The van der Waals surface area contributed by atoms with Crippen molar-refractivity contribution < 1.29 is 5.11 Å². The molecular formula is C20H25N5O2. The SMILES string of the molecule is CC[C@H](CO)Nc1nc(Nc2cc(C)ccn2)cc2ccn(CC)c(=O)c12. The number of nitrogens with zero attached hydrogens (tertiary/aromatic N) is 3. The number of rotatable bonds is 7. The molecule has 3 rings (SSSR count). The molecule has 142 valence electrons. The molecule has 3 aromatic heterocycles. The summed E-state index contributed by atoms with van der Waals surface area (Å²) in [6.07, 6.45) is 4.23. The average Bonchev–Trinajstić information content (AvgIpc) is 2.66. The van der Waals surface area contributed by atoms with Crippen molar-refractivity contribution in [2.75, 3.05) is 17.2 Å². The van der Waals surface area contributed by atoms with E-state index in [0.717, 1.165) is 10.9 Å². The first-order chi connectivity index (χ1) is 13.0. The normalized spacial score (nSPS) is 12.1. The lowest BCUT2D eigenvalue weighted by molar-refractivity contribution is 0.271. The quantitative estimate of drug-likeness (QED) is 0.594. The molecule has 0 spiro atoms. The molecule has 0 saturated heterocycles. The van der Waals surface area contributed by atoms with E-state index in [0.29, 0.717) is 35.8 Å². The summed E-state index contributed by atoms with van der Waals surface area (Å²) < 4.78 is 1.64. The Labute approximate surface area is 158 Å². The highest BCUT2D eigenvalue weighted by atomic mass is 16.3. The number of aryl methyl sites for hydroxylation is 2. The van der Waals surface area contributed by atoms with E-state index >= 15 is 0 Å². The van der Waals surface area contributed by atoms with Crippen molar-refractivity contribution in [1.29, 1.82) is 0 Å². The highest BCUT2D eigenvalue weighted by Crippen LogP contribution is 2.25. The molecule has 0 amide bonds. The van der Waals surface area contributed by atoms with Crippen LogP contribution in [-0.2, 0) is 6.54 Å².